The Morgan fingerprint density at radius 2 is 1.94 bits per heavy atom. The molecule has 0 aliphatic heterocycles. The van der Waals surface area contributed by atoms with Crippen molar-refractivity contribution >= 4 is 22.1 Å². The van der Waals surface area contributed by atoms with Gasteiger partial charge in [0.05, 0.1) is 9.88 Å². The van der Waals surface area contributed by atoms with Gasteiger partial charge >= 0.3 is 0 Å². The third-order valence-electron chi connectivity index (χ3n) is 2.83. The molecule has 0 amide bonds. The summed E-state index contributed by atoms with van der Waals surface area (Å²) < 4.78 is 1.96. The Balaban J connectivity index is 2.34. The summed E-state index contributed by atoms with van der Waals surface area (Å²) in [4.78, 5) is 5.43. The molecule has 3 heterocycles. The molecule has 0 unspecified atom stereocenters. The third-order valence-corrected chi connectivity index (χ3v) is 3.89. The molecule has 3 rings (SSSR count). The van der Waals surface area contributed by atoms with E-state index < -0.39 is 0 Å². The van der Waals surface area contributed by atoms with Gasteiger partial charge in [0.25, 0.3) is 5.78 Å². The minimum absolute atomic E-state index is 0.633. The topological polar surface area (TPSA) is 69.1 Å². The Kier molecular flexibility index (Phi) is 2.34. The lowest BCUT2D eigenvalue weighted by Crippen LogP contribution is -1.98. The molecule has 0 aliphatic rings. The van der Waals surface area contributed by atoms with Crippen molar-refractivity contribution in [1.29, 1.82) is 0 Å². The van der Waals surface area contributed by atoms with Gasteiger partial charge in [0, 0.05) is 11.4 Å². The highest BCUT2D eigenvalue weighted by Crippen LogP contribution is 2.33. The van der Waals surface area contributed by atoms with Crippen molar-refractivity contribution in [2.45, 2.75) is 20.8 Å². The summed E-state index contributed by atoms with van der Waals surface area (Å²) >= 11 is 1.53. The van der Waals surface area contributed by atoms with Gasteiger partial charge in [-0.1, -0.05) is 0 Å². The summed E-state index contributed by atoms with van der Waals surface area (Å²) in [5.41, 5.74) is 8.97. The summed E-state index contributed by atoms with van der Waals surface area (Å²) in [6.07, 6.45) is 0. The van der Waals surface area contributed by atoms with Crippen molar-refractivity contribution in [3.63, 3.8) is 0 Å². The highest BCUT2D eigenvalue weighted by atomic mass is 32.1. The Morgan fingerprint density at radius 1 is 1.17 bits per heavy atom. The molecule has 0 radical (unpaired) electrons. The van der Waals surface area contributed by atoms with Gasteiger partial charge in [0.15, 0.2) is 5.82 Å². The van der Waals surface area contributed by atoms with E-state index in [1.165, 1.54) is 11.3 Å². The standard InChI is InChI=1S/C12H13N5S/c1-6-4-9(13)18-10(6)11-15-16-12-14-7(2)5-8(3)17(11)12/h4-5H,13H2,1-3H3. The monoisotopic (exact) mass is 259 g/mol. The van der Waals surface area contributed by atoms with Crippen LogP contribution in [0.15, 0.2) is 12.1 Å². The second-order valence-corrected chi connectivity index (χ2v) is 5.44. The first-order valence-corrected chi connectivity index (χ1v) is 6.43. The van der Waals surface area contributed by atoms with Crippen LogP contribution < -0.4 is 5.73 Å². The fourth-order valence-corrected chi connectivity index (χ4v) is 3.02. The second-order valence-electron chi connectivity index (χ2n) is 4.36. The van der Waals surface area contributed by atoms with Gasteiger partial charge in [-0.3, -0.25) is 4.40 Å². The number of fused-ring (bicyclic) bond motifs is 1. The van der Waals surface area contributed by atoms with E-state index in [4.69, 9.17) is 5.73 Å². The number of hydrogen-bond donors (Lipinski definition) is 1. The molecule has 6 heteroatoms. The number of nitrogens with zero attached hydrogens (tertiary/aromatic N) is 4. The largest absolute Gasteiger partial charge is 0.391 e. The lowest BCUT2D eigenvalue weighted by molar-refractivity contribution is 1.02. The number of rotatable bonds is 1. The number of thiophene rings is 1. The van der Waals surface area contributed by atoms with Gasteiger partial charge < -0.3 is 5.73 Å². The zero-order chi connectivity index (χ0) is 12.9. The van der Waals surface area contributed by atoms with Gasteiger partial charge in [0.2, 0.25) is 0 Å². The van der Waals surface area contributed by atoms with Crippen molar-refractivity contribution in [3.05, 3.63) is 29.1 Å². The van der Waals surface area contributed by atoms with Gasteiger partial charge in [-0.2, -0.15) is 0 Å². The maximum atomic E-state index is 5.84. The van der Waals surface area contributed by atoms with Crippen molar-refractivity contribution < 1.29 is 0 Å². The predicted molar refractivity (Wildman–Crippen MR) is 72.7 cm³/mol. The Morgan fingerprint density at radius 3 is 2.61 bits per heavy atom. The molecule has 0 aromatic carbocycles. The van der Waals surface area contributed by atoms with E-state index in [1.54, 1.807) is 0 Å². The maximum Gasteiger partial charge on any atom is 0.255 e. The van der Waals surface area contributed by atoms with Crippen LogP contribution >= 0.6 is 11.3 Å². The fourth-order valence-electron chi connectivity index (χ4n) is 2.11. The fraction of sp³-hybridized carbons (Fsp3) is 0.250. The Bertz CT molecular complexity index is 740. The Labute approximate surface area is 108 Å². The molecule has 0 aliphatic carbocycles. The molecule has 0 saturated carbocycles. The molecular weight excluding hydrogens is 246 g/mol. The van der Waals surface area contributed by atoms with E-state index in [-0.39, 0.29) is 0 Å². The van der Waals surface area contributed by atoms with Gasteiger partial charge in [-0.15, -0.1) is 21.5 Å². The van der Waals surface area contributed by atoms with Crippen LogP contribution in [0.25, 0.3) is 16.5 Å². The number of anilines is 1. The molecule has 0 fully saturated rings. The molecule has 92 valence electrons. The normalized spacial score (nSPS) is 11.3. The summed E-state index contributed by atoms with van der Waals surface area (Å²) in [6.45, 7) is 6.01. The smallest absolute Gasteiger partial charge is 0.255 e. The maximum absolute atomic E-state index is 5.84. The zero-order valence-corrected chi connectivity index (χ0v) is 11.2. The number of hydrogen-bond acceptors (Lipinski definition) is 5. The van der Waals surface area contributed by atoms with E-state index >= 15 is 0 Å². The molecule has 3 aromatic rings. The highest BCUT2D eigenvalue weighted by molar-refractivity contribution is 7.19. The number of aromatic nitrogens is 4. The minimum atomic E-state index is 0.633. The average Bonchev–Trinajstić information content (AvgIpc) is 2.81. The summed E-state index contributed by atoms with van der Waals surface area (Å²) in [7, 11) is 0. The first kappa shape index (κ1) is 11.2. The van der Waals surface area contributed by atoms with Crippen molar-refractivity contribution in [2.75, 3.05) is 5.73 Å². The van der Waals surface area contributed by atoms with Crippen molar-refractivity contribution in [2.24, 2.45) is 0 Å². The summed E-state index contributed by atoms with van der Waals surface area (Å²) in [5, 5.41) is 9.17. The minimum Gasteiger partial charge on any atom is -0.391 e. The molecule has 5 nitrogen and oxygen atoms in total. The lowest BCUT2D eigenvalue weighted by Gasteiger charge is -2.03. The SMILES string of the molecule is Cc1cc(C)n2c(-c3sc(N)cc3C)nnc2n1. The van der Waals surface area contributed by atoms with Crippen LogP contribution in [0, 0.1) is 20.8 Å². The van der Waals surface area contributed by atoms with Crippen LogP contribution in [-0.4, -0.2) is 19.6 Å². The van der Waals surface area contributed by atoms with E-state index in [2.05, 4.69) is 15.2 Å². The first-order valence-electron chi connectivity index (χ1n) is 5.62. The number of aryl methyl sites for hydroxylation is 3. The Hall–Kier alpha value is -1.95. The van der Waals surface area contributed by atoms with Crippen LogP contribution in [0.2, 0.25) is 0 Å². The van der Waals surface area contributed by atoms with E-state index in [0.717, 1.165) is 32.7 Å². The molecule has 18 heavy (non-hydrogen) atoms. The van der Waals surface area contributed by atoms with Crippen LogP contribution in [0.5, 0.6) is 0 Å². The molecule has 0 atom stereocenters. The van der Waals surface area contributed by atoms with Crippen molar-refractivity contribution in [3.8, 4) is 10.7 Å². The van der Waals surface area contributed by atoms with Crippen molar-refractivity contribution in [1.82, 2.24) is 19.6 Å². The molecule has 3 aromatic heterocycles. The van der Waals surface area contributed by atoms with Crippen LogP contribution in [0.3, 0.4) is 0 Å². The van der Waals surface area contributed by atoms with Crippen LogP contribution in [-0.2, 0) is 0 Å². The molecule has 0 saturated heterocycles. The molecule has 0 bridgehead atoms. The van der Waals surface area contributed by atoms with Crippen LogP contribution in [0.1, 0.15) is 17.0 Å². The highest BCUT2D eigenvalue weighted by Gasteiger charge is 2.15. The third kappa shape index (κ3) is 1.57. The molecule has 0 spiro atoms. The predicted octanol–water partition coefficient (Wildman–Crippen LogP) is 2.36. The summed E-state index contributed by atoms with van der Waals surface area (Å²) in [6, 6.07) is 3.98. The van der Waals surface area contributed by atoms with Crippen LogP contribution in [0.4, 0.5) is 5.00 Å². The average molecular weight is 259 g/mol. The second kappa shape index (κ2) is 3.78. The van der Waals surface area contributed by atoms with Gasteiger partial charge in [0.1, 0.15) is 0 Å². The first-order chi connectivity index (χ1) is 8.56. The number of nitrogens with two attached hydrogens (primary N) is 1. The summed E-state index contributed by atoms with van der Waals surface area (Å²) in [5.74, 6) is 1.45. The number of nitrogen functional groups attached to an aromatic ring is 1. The quantitative estimate of drug-likeness (QED) is 0.728. The molecular formula is C12H13N5S. The molecule has 2 N–H and O–H groups in total. The van der Waals surface area contributed by atoms with E-state index in [1.807, 2.05) is 37.3 Å². The lowest BCUT2D eigenvalue weighted by atomic mass is 10.2. The van der Waals surface area contributed by atoms with E-state index in [0.29, 0.717) is 5.78 Å². The zero-order valence-electron chi connectivity index (χ0n) is 10.4. The van der Waals surface area contributed by atoms with Gasteiger partial charge in [-0.25, -0.2) is 4.98 Å². The van der Waals surface area contributed by atoms with Gasteiger partial charge in [-0.05, 0) is 38.5 Å². The van der Waals surface area contributed by atoms with E-state index in [9.17, 15) is 0 Å².